The molecule has 0 rings (SSSR count). The second-order valence-electron chi connectivity index (χ2n) is 0.283. The molecule has 0 aromatic heterocycles. The van der Waals surface area contributed by atoms with E-state index in [1.54, 1.807) is 0 Å². The zero-order chi connectivity index (χ0) is 3.58. The van der Waals surface area contributed by atoms with Gasteiger partial charge in [-0.25, -0.2) is 0 Å². The fraction of sp³-hybridized carbons (Fsp3) is 0. The van der Waals surface area contributed by atoms with Crippen LogP contribution in [0.2, 0.25) is 0 Å². The molecule has 0 aromatic carbocycles. The van der Waals surface area contributed by atoms with Crippen molar-refractivity contribution in [2.24, 2.45) is 0 Å². The van der Waals surface area contributed by atoms with Crippen LogP contribution in [0.15, 0.2) is 0 Å². The number of hydrogen-bond donors (Lipinski definition) is 2. The van der Waals surface area contributed by atoms with E-state index < -0.39 is 8.25 Å². The molecular formula is H16NaO9P. The van der Waals surface area contributed by atoms with Gasteiger partial charge in [0.2, 0.25) is 0 Å². The zero-order valence-electron chi connectivity index (χ0n) is 4.80. The van der Waals surface area contributed by atoms with Crippen molar-refractivity contribution in [3.63, 3.8) is 0 Å². The summed E-state index contributed by atoms with van der Waals surface area (Å²) in [4.78, 5) is 14.3. The SMILES string of the molecule is O.O.O.O.O.O.O=[PH](O)O.[NaH]. The van der Waals surface area contributed by atoms with Crippen LogP contribution in [0, 0.1) is 0 Å². The summed E-state index contributed by atoms with van der Waals surface area (Å²) in [5, 5.41) is 0. The first-order chi connectivity index (χ1) is 1.73. The second-order valence-corrected chi connectivity index (χ2v) is 0.848. The van der Waals surface area contributed by atoms with Crippen LogP contribution in [0.4, 0.5) is 0 Å². The molecule has 0 aliphatic rings. The van der Waals surface area contributed by atoms with E-state index in [0.29, 0.717) is 0 Å². The molecule has 0 bridgehead atoms. The van der Waals surface area contributed by atoms with Crippen molar-refractivity contribution in [3.05, 3.63) is 0 Å². The van der Waals surface area contributed by atoms with E-state index in [2.05, 4.69) is 0 Å². The molecule has 0 unspecified atom stereocenters. The Morgan fingerprint density at radius 1 is 0.727 bits per heavy atom. The van der Waals surface area contributed by atoms with Gasteiger partial charge in [0.1, 0.15) is 0 Å². The quantitative estimate of drug-likeness (QED) is 0.295. The molecule has 0 saturated heterocycles. The Labute approximate surface area is 85.1 Å². The van der Waals surface area contributed by atoms with Crippen LogP contribution in [0.1, 0.15) is 0 Å². The van der Waals surface area contributed by atoms with Crippen LogP contribution in [0.25, 0.3) is 0 Å². The summed E-state index contributed by atoms with van der Waals surface area (Å²) in [7, 11) is -3.13. The summed E-state index contributed by atoms with van der Waals surface area (Å²) in [6, 6.07) is 0. The predicted molar refractivity (Wildman–Crippen MR) is 42.3 cm³/mol. The molecule has 0 spiro atoms. The summed E-state index contributed by atoms with van der Waals surface area (Å²) >= 11 is 0. The zero-order valence-corrected chi connectivity index (χ0v) is 5.80. The minimum absolute atomic E-state index is 0. The minimum atomic E-state index is -3.13. The summed E-state index contributed by atoms with van der Waals surface area (Å²) < 4.78 is 8.74. The molecular weight excluding hydrogens is 198 g/mol. The van der Waals surface area contributed by atoms with E-state index in [-0.39, 0.29) is 62.4 Å². The predicted octanol–water partition coefficient (Wildman–Crippen LogP) is -6.24. The summed E-state index contributed by atoms with van der Waals surface area (Å²) in [6.07, 6.45) is 0. The molecule has 0 amide bonds. The second kappa shape index (κ2) is 70.1. The van der Waals surface area contributed by atoms with Gasteiger partial charge < -0.3 is 42.6 Å². The van der Waals surface area contributed by atoms with Gasteiger partial charge in [-0.2, -0.15) is 0 Å². The monoisotopic (exact) mass is 214 g/mol. The fourth-order valence-electron chi connectivity index (χ4n) is 0. The molecule has 9 nitrogen and oxygen atoms in total. The molecule has 11 heteroatoms. The average molecular weight is 214 g/mol. The van der Waals surface area contributed by atoms with E-state index in [1.807, 2.05) is 0 Å². The van der Waals surface area contributed by atoms with Gasteiger partial charge in [-0.3, -0.25) is 4.57 Å². The Bertz CT molecular complexity index is 32.5. The van der Waals surface area contributed by atoms with Crippen LogP contribution in [-0.4, -0.2) is 72.2 Å². The van der Waals surface area contributed by atoms with Crippen molar-refractivity contribution in [1.29, 1.82) is 0 Å². The molecule has 0 saturated carbocycles. The standard InChI is InChI=1S/Na.H3O3P.6H2O.H/c;1-4(2)3;;;;;;;/h;4H,(H2,1,2,3);6*1H2;. The van der Waals surface area contributed by atoms with Crippen molar-refractivity contribution in [2.45, 2.75) is 0 Å². The van der Waals surface area contributed by atoms with Crippen molar-refractivity contribution < 1.29 is 47.2 Å². The summed E-state index contributed by atoms with van der Waals surface area (Å²) in [5.74, 6) is 0. The van der Waals surface area contributed by atoms with Crippen LogP contribution in [-0.2, 0) is 4.57 Å². The Hall–Kier alpha value is 0.910. The third-order valence-electron chi connectivity index (χ3n) is 0. The third kappa shape index (κ3) is 1050. The van der Waals surface area contributed by atoms with Crippen molar-refractivity contribution >= 4 is 37.8 Å². The Morgan fingerprint density at radius 2 is 0.727 bits per heavy atom. The van der Waals surface area contributed by atoms with E-state index in [1.165, 1.54) is 0 Å². The van der Waals surface area contributed by atoms with Gasteiger partial charge >= 0.3 is 37.8 Å². The van der Waals surface area contributed by atoms with Gasteiger partial charge in [-0.1, -0.05) is 0 Å². The van der Waals surface area contributed by atoms with E-state index in [0.717, 1.165) is 0 Å². The van der Waals surface area contributed by atoms with Gasteiger partial charge in [0.05, 0.1) is 0 Å². The topological polar surface area (TPSA) is 247 Å². The van der Waals surface area contributed by atoms with Crippen LogP contribution in [0.3, 0.4) is 0 Å². The van der Waals surface area contributed by atoms with Gasteiger partial charge in [0.15, 0.2) is 0 Å². The van der Waals surface area contributed by atoms with E-state index in [4.69, 9.17) is 14.4 Å². The molecule has 0 aromatic rings. The average Bonchev–Trinajstić information content (AvgIpc) is 0.811. The number of hydrogen-bond acceptors (Lipinski definition) is 1. The van der Waals surface area contributed by atoms with Gasteiger partial charge in [-0.15, -0.1) is 0 Å². The maximum atomic E-state index is 8.74. The molecule has 0 aliphatic carbocycles. The first-order valence-corrected chi connectivity index (χ1v) is 1.95. The molecule has 14 N–H and O–H groups in total. The van der Waals surface area contributed by atoms with Crippen molar-refractivity contribution in [2.75, 3.05) is 0 Å². The summed E-state index contributed by atoms with van der Waals surface area (Å²) in [6.45, 7) is 0. The number of rotatable bonds is 0. The molecule has 0 aliphatic heterocycles. The molecule has 0 fully saturated rings. The van der Waals surface area contributed by atoms with Crippen LogP contribution >= 0.6 is 8.25 Å². The Balaban J connectivity index is -0.00000000214. The normalized spacial score (nSPS) is 3.18. The molecule has 0 radical (unpaired) electrons. The Morgan fingerprint density at radius 3 is 0.727 bits per heavy atom. The van der Waals surface area contributed by atoms with Crippen LogP contribution in [0.5, 0.6) is 0 Å². The Kier molecular flexibility index (Phi) is 591. The van der Waals surface area contributed by atoms with E-state index >= 15 is 0 Å². The van der Waals surface area contributed by atoms with Gasteiger partial charge in [-0.05, 0) is 0 Å². The van der Waals surface area contributed by atoms with Crippen molar-refractivity contribution in [1.82, 2.24) is 0 Å². The summed E-state index contributed by atoms with van der Waals surface area (Å²) in [5.41, 5.74) is 0. The fourth-order valence-corrected chi connectivity index (χ4v) is 0. The molecule has 11 heavy (non-hydrogen) atoms. The maximum absolute atomic E-state index is 8.74. The first kappa shape index (κ1) is 92.7. The van der Waals surface area contributed by atoms with Gasteiger partial charge in [0.25, 0.3) is 0 Å². The third-order valence-corrected chi connectivity index (χ3v) is 0. The van der Waals surface area contributed by atoms with Crippen LogP contribution < -0.4 is 0 Å². The molecule has 0 heterocycles. The molecule has 76 valence electrons. The van der Waals surface area contributed by atoms with Gasteiger partial charge in [0, 0.05) is 0 Å². The first-order valence-electron chi connectivity index (χ1n) is 0.651. The van der Waals surface area contributed by atoms with E-state index in [9.17, 15) is 0 Å². The molecule has 0 atom stereocenters. The van der Waals surface area contributed by atoms with Crippen molar-refractivity contribution in [3.8, 4) is 0 Å².